The summed E-state index contributed by atoms with van der Waals surface area (Å²) < 4.78 is 1.91. The molecule has 0 spiro atoms. The zero-order valence-corrected chi connectivity index (χ0v) is 12.0. The van der Waals surface area contributed by atoms with Crippen molar-refractivity contribution >= 4 is 17.7 Å². The topological polar surface area (TPSA) is 93.8 Å². The number of hydrogen-bond donors (Lipinski definition) is 1. The maximum atomic E-state index is 10.7. The molecule has 20 heavy (non-hydrogen) atoms. The number of thioether (sulfide) groups is 1. The van der Waals surface area contributed by atoms with Crippen LogP contribution >= 0.6 is 11.8 Å². The third-order valence-corrected chi connectivity index (χ3v) is 3.36. The minimum atomic E-state index is -0.876. The van der Waals surface area contributed by atoms with Crippen molar-refractivity contribution in [1.29, 1.82) is 0 Å². The quantitative estimate of drug-likeness (QED) is 0.808. The van der Waals surface area contributed by atoms with Crippen LogP contribution in [0.2, 0.25) is 0 Å². The van der Waals surface area contributed by atoms with Crippen molar-refractivity contribution in [2.75, 3.05) is 5.75 Å². The lowest BCUT2D eigenvalue weighted by Gasteiger charge is -2.11. The Kier molecular flexibility index (Phi) is 4.67. The molecule has 2 heterocycles. The smallest absolute Gasteiger partial charge is 0.313 e. The second-order valence-corrected chi connectivity index (χ2v) is 5.56. The largest absolute Gasteiger partial charge is 0.481 e. The van der Waals surface area contributed by atoms with E-state index in [1.165, 1.54) is 6.33 Å². The summed E-state index contributed by atoms with van der Waals surface area (Å²) in [6.45, 7) is 4.87. The summed E-state index contributed by atoms with van der Waals surface area (Å²) in [6.07, 6.45) is 4.78. The molecule has 0 aliphatic heterocycles. The molecular weight excluding hydrogens is 278 g/mol. The van der Waals surface area contributed by atoms with Gasteiger partial charge in [0.05, 0.1) is 11.3 Å². The minimum Gasteiger partial charge on any atom is -0.481 e. The molecule has 0 aliphatic rings. The maximum Gasteiger partial charge on any atom is 0.313 e. The van der Waals surface area contributed by atoms with Crippen LogP contribution in [-0.2, 0) is 11.3 Å². The average Bonchev–Trinajstić information content (AvgIpc) is 2.79. The number of carbonyl (C=O) groups is 1. The lowest BCUT2D eigenvalue weighted by molar-refractivity contribution is -0.133. The highest BCUT2D eigenvalue weighted by atomic mass is 32.2. The van der Waals surface area contributed by atoms with Gasteiger partial charge in [0.15, 0.2) is 11.0 Å². The van der Waals surface area contributed by atoms with Crippen molar-refractivity contribution in [2.45, 2.75) is 25.5 Å². The van der Waals surface area contributed by atoms with Gasteiger partial charge in [0.2, 0.25) is 0 Å². The second-order valence-electron chi connectivity index (χ2n) is 4.62. The highest BCUT2D eigenvalue weighted by Crippen LogP contribution is 2.24. The highest BCUT2D eigenvalue weighted by molar-refractivity contribution is 7.99. The van der Waals surface area contributed by atoms with E-state index < -0.39 is 5.97 Å². The molecule has 8 heteroatoms. The molecule has 0 radical (unpaired) electrons. The van der Waals surface area contributed by atoms with Crippen LogP contribution in [0.25, 0.3) is 11.4 Å². The van der Waals surface area contributed by atoms with Crippen molar-refractivity contribution in [3.63, 3.8) is 0 Å². The van der Waals surface area contributed by atoms with E-state index in [4.69, 9.17) is 5.11 Å². The molecule has 2 aromatic rings. The second kappa shape index (κ2) is 6.47. The van der Waals surface area contributed by atoms with Crippen LogP contribution in [0.5, 0.6) is 0 Å². The standard InChI is InChI=1S/C12H15N5O2S/c1-8(2)5-17-11(9-3-13-7-14-4-9)15-16-12(17)20-6-10(18)19/h3-4,7-8H,5-6H2,1-2H3,(H,18,19). The Morgan fingerprint density at radius 1 is 1.35 bits per heavy atom. The molecule has 0 amide bonds. The summed E-state index contributed by atoms with van der Waals surface area (Å²) >= 11 is 1.16. The van der Waals surface area contributed by atoms with Crippen LogP contribution in [0, 0.1) is 5.92 Å². The van der Waals surface area contributed by atoms with E-state index in [-0.39, 0.29) is 5.75 Å². The van der Waals surface area contributed by atoms with Crippen molar-refractivity contribution in [2.24, 2.45) is 5.92 Å². The summed E-state index contributed by atoms with van der Waals surface area (Å²) in [7, 11) is 0. The number of nitrogens with zero attached hydrogens (tertiary/aromatic N) is 5. The van der Waals surface area contributed by atoms with Crippen molar-refractivity contribution in [1.82, 2.24) is 24.7 Å². The maximum absolute atomic E-state index is 10.7. The van der Waals surface area contributed by atoms with Gasteiger partial charge < -0.3 is 9.67 Å². The van der Waals surface area contributed by atoms with Gasteiger partial charge in [0, 0.05) is 18.9 Å². The SMILES string of the molecule is CC(C)Cn1c(SCC(=O)O)nnc1-c1cncnc1. The first kappa shape index (κ1) is 14.4. The molecule has 2 rings (SSSR count). The van der Waals surface area contributed by atoms with Crippen LogP contribution in [0.3, 0.4) is 0 Å². The predicted molar refractivity (Wildman–Crippen MR) is 74.2 cm³/mol. The number of hydrogen-bond acceptors (Lipinski definition) is 6. The van der Waals surface area contributed by atoms with Gasteiger partial charge in [0.1, 0.15) is 6.33 Å². The van der Waals surface area contributed by atoms with E-state index in [2.05, 4.69) is 34.0 Å². The van der Waals surface area contributed by atoms with Crippen LogP contribution in [-0.4, -0.2) is 41.6 Å². The molecule has 0 aromatic carbocycles. The summed E-state index contributed by atoms with van der Waals surface area (Å²) in [4.78, 5) is 18.6. The van der Waals surface area contributed by atoms with Gasteiger partial charge >= 0.3 is 5.97 Å². The fraction of sp³-hybridized carbons (Fsp3) is 0.417. The Morgan fingerprint density at radius 3 is 2.65 bits per heavy atom. The lowest BCUT2D eigenvalue weighted by Crippen LogP contribution is -2.09. The summed E-state index contributed by atoms with van der Waals surface area (Å²) in [5.74, 6) is 0.131. The van der Waals surface area contributed by atoms with E-state index in [9.17, 15) is 4.79 Å². The average molecular weight is 293 g/mol. The third kappa shape index (κ3) is 3.53. The number of carboxylic acids is 1. The molecule has 7 nitrogen and oxygen atoms in total. The lowest BCUT2D eigenvalue weighted by atomic mass is 10.2. The number of carboxylic acid groups (broad SMARTS) is 1. The molecule has 1 N–H and O–H groups in total. The Labute approximate surface area is 120 Å². The zero-order chi connectivity index (χ0) is 14.5. The zero-order valence-electron chi connectivity index (χ0n) is 11.2. The van der Waals surface area contributed by atoms with E-state index in [0.29, 0.717) is 23.4 Å². The summed E-state index contributed by atoms with van der Waals surface area (Å²) in [5.41, 5.74) is 0.767. The van der Waals surface area contributed by atoms with Crippen LogP contribution in [0.15, 0.2) is 23.9 Å². The molecule has 106 valence electrons. The molecule has 0 fully saturated rings. The number of aliphatic carboxylic acids is 1. The first-order valence-corrected chi connectivity index (χ1v) is 7.09. The molecule has 0 aliphatic carbocycles. The van der Waals surface area contributed by atoms with Gasteiger partial charge in [-0.1, -0.05) is 25.6 Å². The van der Waals surface area contributed by atoms with E-state index in [0.717, 1.165) is 17.3 Å². The monoisotopic (exact) mass is 293 g/mol. The van der Waals surface area contributed by atoms with Gasteiger partial charge in [-0.15, -0.1) is 10.2 Å². The molecule has 0 saturated heterocycles. The van der Waals surface area contributed by atoms with Crippen LogP contribution in [0.1, 0.15) is 13.8 Å². The Morgan fingerprint density at radius 2 is 2.05 bits per heavy atom. The fourth-order valence-corrected chi connectivity index (χ4v) is 2.35. The van der Waals surface area contributed by atoms with Crippen molar-refractivity contribution < 1.29 is 9.90 Å². The van der Waals surface area contributed by atoms with Crippen LogP contribution in [0.4, 0.5) is 0 Å². The van der Waals surface area contributed by atoms with Gasteiger partial charge in [-0.25, -0.2) is 9.97 Å². The Bertz CT molecular complexity index is 585. The molecule has 0 atom stereocenters. The molecule has 0 saturated carbocycles. The van der Waals surface area contributed by atoms with E-state index in [1.807, 2.05) is 4.57 Å². The molecule has 2 aromatic heterocycles. The number of rotatable bonds is 6. The Hall–Kier alpha value is -1.96. The fourth-order valence-electron chi connectivity index (χ4n) is 1.68. The molecule has 0 unspecified atom stereocenters. The summed E-state index contributed by atoms with van der Waals surface area (Å²) in [6, 6.07) is 0. The minimum absolute atomic E-state index is 0.0402. The normalized spacial score (nSPS) is 10.9. The van der Waals surface area contributed by atoms with E-state index >= 15 is 0 Å². The van der Waals surface area contributed by atoms with Crippen molar-refractivity contribution in [3.8, 4) is 11.4 Å². The van der Waals surface area contributed by atoms with Gasteiger partial charge in [-0.05, 0) is 5.92 Å². The highest BCUT2D eigenvalue weighted by Gasteiger charge is 2.16. The predicted octanol–water partition coefficient (Wildman–Crippen LogP) is 1.57. The first-order valence-electron chi connectivity index (χ1n) is 6.11. The third-order valence-electron chi connectivity index (χ3n) is 2.41. The van der Waals surface area contributed by atoms with Gasteiger partial charge in [-0.3, -0.25) is 4.79 Å². The van der Waals surface area contributed by atoms with E-state index in [1.54, 1.807) is 12.4 Å². The van der Waals surface area contributed by atoms with Gasteiger partial charge in [0.25, 0.3) is 0 Å². The van der Waals surface area contributed by atoms with Gasteiger partial charge in [-0.2, -0.15) is 0 Å². The number of aromatic nitrogens is 5. The first-order chi connectivity index (χ1) is 9.58. The van der Waals surface area contributed by atoms with Crippen molar-refractivity contribution in [3.05, 3.63) is 18.7 Å². The summed E-state index contributed by atoms with van der Waals surface area (Å²) in [5, 5.41) is 17.6. The van der Waals surface area contributed by atoms with Crippen LogP contribution < -0.4 is 0 Å². The molecule has 0 bridgehead atoms. The molecular formula is C12H15N5O2S. The Balaban J connectivity index is 2.34.